The highest BCUT2D eigenvalue weighted by Crippen LogP contribution is 2.25. The lowest BCUT2D eigenvalue weighted by Gasteiger charge is -2.24. The Morgan fingerprint density at radius 1 is 1.33 bits per heavy atom. The predicted octanol–water partition coefficient (Wildman–Crippen LogP) is 2.81. The van der Waals surface area contributed by atoms with Crippen LogP contribution in [0.4, 0.5) is 5.95 Å². The Morgan fingerprint density at radius 2 is 2.11 bits per heavy atom. The number of aryl methyl sites for hydroxylation is 1. The number of anilines is 1. The molecule has 1 aliphatic rings. The van der Waals surface area contributed by atoms with E-state index in [-0.39, 0.29) is 0 Å². The number of hydrogen-bond acceptors (Lipinski definition) is 4. The fourth-order valence-corrected chi connectivity index (χ4v) is 2.16. The van der Waals surface area contributed by atoms with E-state index in [1.54, 1.807) is 0 Å². The van der Waals surface area contributed by atoms with Gasteiger partial charge in [0.2, 0.25) is 11.8 Å². The molecule has 1 N–H and O–H groups in total. The van der Waals surface area contributed by atoms with Crippen molar-refractivity contribution in [3.05, 3.63) is 23.9 Å². The fourth-order valence-electron chi connectivity index (χ4n) is 2.16. The Kier molecular flexibility index (Phi) is 4.18. The topological polar surface area (TPSA) is 47.0 Å². The molecule has 1 aromatic heterocycles. The van der Waals surface area contributed by atoms with Crippen molar-refractivity contribution in [2.75, 3.05) is 19.0 Å². The van der Waals surface area contributed by atoms with Crippen molar-refractivity contribution in [2.45, 2.75) is 26.7 Å². The molecule has 4 nitrogen and oxygen atoms in total. The molecule has 18 heavy (non-hydrogen) atoms. The third-order valence-corrected chi connectivity index (χ3v) is 3.42. The van der Waals surface area contributed by atoms with Crippen LogP contribution in [-0.4, -0.2) is 23.6 Å². The third kappa shape index (κ3) is 3.22. The van der Waals surface area contributed by atoms with Gasteiger partial charge in [0.05, 0.1) is 6.61 Å². The van der Waals surface area contributed by atoms with E-state index in [0.29, 0.717) is 23.7 Å². The molecule has 0 fully saturated rings. The minimum atomic E-state index is 0.586. The molecule has 0 radical (unpaired) electrons. The maximum absolute atomic E-state index is 5.81. The minimum Gasteiger partial charge on any atom is -0.477 e. The van der Waals surface area contributed by atoms with Gasteiger partial charge in [-0.25, -0.2) is 4.98 Å². The molecule has 0 saturated heterocycles. The summed E-state index contributed by atoms with van der Waals surface area (Å²) in [4.78, 5) is 8.55. The largest absolute Gasteiger partial charge is 0.477 e. The summed E-state index contributed by atoms with van der Waals surface area (Å²) in [5.74, 6) is 2.54. The number of nitrogens with one attached hydrogen (secondary N) is 1. The minimum absolute atomic E-state index is 0.586. The van der Waals surface area contributed by atoms with Gasteiger partial charge in [-0.3, -0.25) is 0 Å². The lowest BCUT2D eigenvalue weighted by Crippen LogP contribution is -2.21. The zero-order valence-electron chi connectivity index (χ0n) is 11.3. The molecule has 1 heterocycles. The van der Waals surface area contributed by atoms with Gasteiger partial charge in [0.15, 0.2) is 0 Å². The molecular formula is C14H21N3O. The summed E-state index contributed by atoms with van der Waals surface area (Å²) < 4.78 is 5.81. The van der Waals surface area contributed by atoms with E-state index in [1.165, 1.54) is 0 Å². The molecule has 0 amide bonds. The number of hydrogen-bond donors (Lipinski definition) is 1. The molecule has 1 aromatic rings. The Labute approximate surface area is 108 Å². The molecular weight excluding hydrogens is 226 g/mol. The first-order valence-electron chi connectivity index (χ1n) is 6.50. The summed E-state index contributed by atoms with van der Waals surface area (Å²) in [6.45, 7) is 4.95. The van der Waals surface area contributed by atoms with E-state index in [2.05, 4.69) is 34.4 Å². The summed E-state index contributed by atoms with van der Waals surface area (Å²) >= 11 is 0. The summed E-state index contributed by atoms with van der Waals surface area (Å²) in [7, 11) is 1.81. The molecule has 98 valence electrons. The number of allylic oxidation sites excluding steroid dienone is 2. The average Bonchev–Trinajstić information content (AvgIpc) is 2.37. The first kappa shape index (κ1) is 12.9. The van der Waals surface area contributed by atoms with Crippen molar-refractivity contribution < 1.29 is 4.74 Å². The Balaban J connectivity index is 1.97. The SMILES string of the molecule is CNc1nc(C)cc(OCC2CC=CCC2C)n1. The fraction of sp³-hybridized carbons (Fsp3) is 0.571. The van der Waals surface area contributed by atoms with E-state index < -0.39 is 0 Å². The Hall–Kier alpha value is -1.58. The van der Waals surface area contributed by atoms with Crippen LogP contribution in [0.5, 0.6) is 5.88 Å². The molecule has 0 spiro atoms. The molecule has 0 saturated carbocycles. The molecule has 4 heteroatoms. The molecule has 1 aliphatic carbocycles. The summed E-state index contributed by atoms with van der Waals surface area (Å²) in [5.41, 5.74) is 0.918. The standard InChI is InChI=1S/C14H21N3O/c1-10-6-4-5-7-12(10)9-18-13-8-11(2)16-14(15-3)17-13/h4-5,8,10,12H,6-7,9H2,1-3H3,(H,15,16,17). The molecule has 2 rings (SSSR count). The second-order valence-corrected chi connectivity index (χ2v) is 4.91. The third-order valence-electron chi connectivity index (χ3n) is 3.42. The smallest absolute Gasteiger partial charge is 0.225 e. The molecule has 0 aliphatic heterocycles. The highest BCUT2D eigenvalue weighted by atomic mass is 16.5. The van der Waals surface area contributed by atoms with Gasteiger partial charge < -0.3 is 10.1 Å². The van der Waals surface area contributed by atoms with Gasteiger partial charge in [-0.2, -0.15) is 4.98 Å². The second kappa shape index (κ2) is 5.85. The van der Waals surface area contributed by atoms with Crippen molar-refractivity contribution >= 4 is 5.95 Å². The van der Waals surface area contributed by atoms with Gasteiger partial charge in [-0.1, -0.05) is 19.1 Å². The van der Waals surface area contributed by atoms with Crippen molar-refractivity contribution in [1.29, 1.82) is 0 Å². The first-order chi connectivity index (χ1) is 8.69. The van der Waals surface area contributed by atoms with Crippen LogP contribution in [0, 0.1) is 18.8 Å². The highest BCUT2D eigenvalue weighted by molar-refractivity contribution is 5.29. The maximum atomic E-state index is 5.81. The van der Waals surface area contributed by atoms with Crippen LogP contribution in [0.1, 0.15) is 25.5 Å². The lowest BCUT2D eigenvalue weighted by atomic mass is 9.85. The van der Waals surface area contributed by atoms with E-state index >= 15 is 0 Å². The van der Waals surface area contributed by atoms with Crippen LogP contribution in [0.2, 0.25) is 0 Å². The number of ether oxygens (including phenoxy) is 1. The zero-order chi connectivity index (χ0) is 13.0. The van der Waals surface area contributed by atoms with Crippen molar-refractivity contribution in [1.82, 2.24) is 9.97 Å². The van der Waals surface area contributed by atoms with Crippen LogP contribution in [-0.2, 0) is 0 Å². The van der Waals surface area contributed by atoms with Crippen LogP contribution in [0.15, 0.2) is 18.2 Å². The quantitative estimate of drug-likeness (QED) is 0.831. The Morgan fingerprint density at radius 3 is 2.83 bits per heavy atom. The molecule has 0 aromatic carbocycles. The maximum Gasteiger partial charge on any atom is 0.225 e. The zero-order valence-corrected chi connectivity index (χ0v) is 11.3. The lowest BCUT2D eigenvalue weighted by molar-refractivity contribution is 0.192. The predicted molar refractivity (Wildman–Crippen MR) is 72.8 cm³/mol. The normalized spacial score (nSPS) is 22.8. The van der Waals surface area contributed by atoms with Gasteiger partial charge in [0.25, 0.3) is 0 Å². The van der Waals surface area contributed by atoms with E-state index in [4.69, 9.17) is 4.74 Å². The van der Waals surface area contributed by atoms with Crippen LogP contribution >= 0.6 is 0 Å². The second-order valence-electron chi connectivity index (χ2n) is 4.91. The van der Waals surface area contributed by atoms with E-state index in [0.717, 1.165) is 25.1 Å². The highest BCUT2D eigenvalue weighted by Gasteiger charge is 2.19. The summed E-state index contributed by atoms with van der Waals surface area (Å²) in [6.07, 6.45) is 6.76. The van der Waals surface area contributed by atoms with Gasteiger partial charge in [-0.15, -0.1) is 0 Å². The van der Waals surface area contributed by atoms with Gasteiger partial charge >= 0.3 is 0 Å². The number of nitrogens with zero attached hydrogens (tertiary/aromatic N) is 2. The van der Waals surface area contributed by atoms with E-state index in [9.17, 15) is 0 Å². The van der Waals surface area contributed by atoms with Crippen molar-refractivity contribution in [2.24, 2.45) is 11.8 Å². The van der Waals surface area contributed by atoms with Crippen LogP contribution < -0.4 is 10.1 Å². The number of rotatable bonds is 4. The molecule has 2 atom stereocenters. The van der Waals surface area contributed by atoms with Gasteiger partial charge in [-0.05, 0) is 31.6 Å². The van der Waals surface area contributed by atoms with Crippen LogP contribution in [0.25, 0.3) is 0 Å². The first-order valence-corrected chi connectivity index (χ1v) is 6.50. The summed E-state index contributed by atoms with van der Waals surface area (Å²) in [5, 5.41) is 2.94. The molecule has 0 bridgehead atoms. The monoisotopic (exact) mass is 247 g/mol. The van der Waals surface area contributed by atoms with E-state index in [1.807, 2.05) is 20.0 Å². The average molecular weight is 247 g/mol. The van der Waals surface area contributed by atoms with Crippen molar-refractivity contribution in [3.8, 4) is 5.88 Å². The van der Waals surface area contributed by atoms with Gasteiger partial charge in [0.1, 0.15) is 0 Å². The Bertz CT molecular complexity index is 431. The molecule has 2 unspecified atom stereocenters. The van der Waals surface area contributed by atoms with Crippen LogP contribution in [0.3, 0.4) is 0 Å². The van der Waals surface area contributed by atoms with Gasteiger partial charge in [0, 0.05) is 18.8 Å². The van der Waals surface area contributed by atoms with Crippen molar-refractivity contribution in [3.63, 3.8) is 0 Å². The summed E-state index contributed by atoms with van der Waals surface area (Å²) in [6, 6.07) is 1.88. The number of aromatic nitrogens is 2.